The summed E-state index contributed by atoms with van der Waals surface area (Å²) in [4.78, 5) is 30.0. The van der Waals surface area contributed by atoms with Crippen molar-refractivity contribution in [2.24, 2.45) is 5.92 Å². The molecular weight excluding hydrogens is 404 g/mol. The molecule has 3 rings (SSSR count). The summed E-state index contributed by atoms with van der Waals surface area (Å²) in [7, 11) is 0. The van der Waals surface area contributed by atoms with Gasteiger partial charge in [-0.1, -0.05) is 44.2 Å². The fraction of sp³-hybridized carbons (Fsp3) is 0.440. The van der Waals surface area contributed by atoms with E-state index in [4.69, 9.17) is 4.74 Å². The highest BCUT2D eigenvalue weighted by Crippen LogP contribution is 2.17. The van der Waals surface area contributed by atoms with Crippen molar-refractivity contribution in [3.8, 4) is 0 Å². The van der Waals surface area contributed by atoms with E-state index in [-0.39, 0.29) is 24.9 Å². The smallest absolute Gasteiger partial charge is 0.328 e. The Labute approximate surface area is 189 Å². The van der Waals surface area contributed by atoms with Gasteiger partial charge in [0.1, 0.15) is 12.6 Å². The summed E-state index contributed by atoms with van der Waals surface area (Å²) in [6.45, 7) is 10.1. The quantitative estimate of drug-likeness (QED) is 0.515. The molecule has 0 aliphatic carbocycles. The summed E-state index contributed by atoms with van der Waals surface area (Å²) < 4.78 is 7.29. The van der Waals surface area contributed by atoms with E-state index < -0.39 is 12.0 Å². The third-order valence-corrected chi connectivity index (χ3v) is 5.44. The molecule has 3 aromatic rings. The van der Waals surface area contributed by atoms with Gasteiger partial charge < -0.3 is 10.1 Å². The van der Waals surface area contributed by atoms with E-state index in [1.54, 1.807) is 0 Å². The van der Waals surface area contributed by atoms with Crippen LogP contribution >= 0.6 is 0 Å². The molecule has 7 nitrogen and oxygen atoms in total. The number of amides is 1. The number of nitrogens with one attached hydrogen (secondary N) is 1. The largest absolute Gasteiger partial charge is 0.459 e. The molecule has 0 aliphatic rings. The van der Waals surface area contributed by atoms with Crippen LogP contribution in [0, 0.1) is 26.7 Å². The molecule has 0 spiro atoms. The van der Waals surface area contributed by atoms with Crippen molar-refractivity contribution in [2.45, 2.75) is 66.5 Å². The lowest BCUT2D eigenvalue weighted by molar-refractivity contribution is -0.149. The van der Waals surface area contributed by atoms with Crippen molar-refractivity contribution in [1.82, 2.24) is 19.9 Å². The minimum atomic E-state index is -0.664. The zero-order valence-corrected chi connectivity index (χ0v) is 19.5. The monoisotopic (exact) mass is 436 g/mol. The van der Waals surface area contributed by atoms with Crippen LogP contribution < -0.4 is 5.32 Å². The van der Waals surface area contributed by atoms with Crippen LogP contribution in [0.15, 0.2) is 36.4 Å². The first-order valence-corrected chi connectivity index (χ1v) is 11.1. The Hall–Kier alpha value is -3.22. The van der Waals surface area contributed by atoms with Crippen LogP contribution in [0.1, 0.15) is 54.9 Å². The number of benzene rings is 1. The maximum Gasteiger partial charge on any atom is 0.328 e. The van der Waals surface area contributed by atoms with Crippen LogP contribution in [0.25, 0.3) is 5.65 Å². The van der Waals surface area contributed by atoms with E-state index in [1.807, 2.05) is 75.5 Å². The summed E-state index contributed by atoms with van der Waals surface area (Å²) in [5.74, 6) is -0.343. The number of aromatic nitrogens is 3. The summed E-state index contributed by atoms with van der Waals surface area (Å²) in [6.07, 6.45) is 1.31. The van der Waals surface area contributed by atoms with Crippen LogP contribution in [0.3, 0.4) is 0 Å². The first-order valence-electron chi connectivity index (χ1n) is 11.1. The molecule has 170 valence electrons. The van der Waals surface area contributed by atoms with E-state index in [1.165, 1.54) is 0 Å². The van der Waals surface area contributed by atoms with E-state index in [2.05, 4.69) is 15.4 Å². The van der Waals surface area contributed by atoms with Gasteiger partial charge in [0.05, 0.1) is 5.69 Å². The highest BCUT2D eigenvalue weighted by atomic mass is 16.5. The second-order valence-electron chi connectivity index (χ2n) is 8.66. The van der Waals surface area contributed by atoms with Crippen LogP contribution in [-0.4, -0.2) is 32.5 Å². The lowest BCUT2D eigenvalue weighted by Gasteiger charge is -2.20. The number of aryl methyl sites for hydroxylation is 3. The number of hydrogen-bond donors (Lipinski definition) is 1. The van der Waals surface area contributed by atoms with Crippen molar-refractivity contribution in [3.63, 3.8) is 0 Å². The number of nitrogens with zero attached hydrogens (tertiary/aromatic N) is 3. The number of ether oxygens (including phenoxy) is 1. The van der Waals surface area contributed by atoms with E-state index in [0.717, 1.165) is 33.9 Å². The Morgan fingerprint density at radius 2 is 1.84 bits per heavy atom. The molecule has 1 aromatic carbocycles. The number of esters is 1. The predicted octanol–water partition coefficient (Wildman–Crippen LogP) is 3.86. The number of carbonyl (C=O) groups excluding carboxylic acids is 2. The lowest BCUT2D eigenvalue weighted by atomic mass is 10.0. The van der Waals surface area contributed by atoms with Crippen LogP contribution in [0.2, 0.25) is 0 Å². The Morgan fingerprint density at radius 1 is 1.12 bits per heavy atom. The van der Waals surface area contributed by atoms with Crippen LogP contribution in [-0.2, 0) is 27.4 Å². The molecule has 1 atom stereocenters. The van der Waals surface area contributed by atoms with Gasteiger partial charge in [-0.15, -0.1) is 0 Å². The minimum Gasteiger partial charge on any atom is -0.459 e. The summed E-state index contributed by atoms with van der Waals surface area (Å²) in [5, 5.41) is 7.36. The predicted molar refractivity (Wildman–Crippen MR) is 123 cm³/mol. The number of hydrogen-bond acceptors (Lipinski definition) is 5. The van der Waals surface area contributed by atoms with E-state index in [0.29, 0.717) is 12.8 Å². The van der Waals surface area contributed by atoms with Crippen molar-refractivity contribution in [3.05, 3.63) is 64.6 Å². The fourth-order valence-corrected chi connectivity index (χ4v) is 3.82. The van der Waals surface area contributed by atoms with Gasteiger partial charge in [-0.05, 0) is 50.7 Å². The third kappa shape index (κ3) is 5.93. The number of carbonyl (C=O) groups is 2. The average Bonchev–Trinajstić information content (AvgIpc) is 3.12. The number of rotatable bonds is 9. The molecule has 2 aromatic heterocycles. The summed E-state index contributed by atoms with van der Waals surface area (Å²) in [5.41, 5.74) is 5.50. The molecule has 1 N–H and O–H groups in total. The van der Waals surface area contributed by atoms with Gasteiger partial charge in [0, 0.05) is 23.9 Å². The van der Waals surface area contributed by atoms with Gasteiger partial charge >= 0.3 is 5.97 Å². The molecular formula is C25H32N4O3. The highest BCUT2D eigenvalue weighted by molar-refractivity contribution is 5.84. The Morgan fingerprint density at radius 3 is 2.53 bits per heavy atom. The van der Waals surface area contributed by atoms with Gasteiger partial charge in [-0.25, -0.2) is 14.3 Å². The fourth-order valence-electron chi connectivity index (χ4n) is 3.82. The van der Waals surface area contributed by atoms with Gasteiger partial charge in [0.25, 0.3) is 0 Å². The second-order valence-corrected chi connectivity index (χ2v) is 8.66. The average molecular weight is 437 g/mol. The molecule has 32 heavy (non-hydrogen) atoms. The zero-order valence-electron chi connectivity index (χ0n) is 19.5. The normalized spacial score (nSPS) is 12.2. The van der Waals surface area contributed by atoms with Crippen molar-refractivity contribution in [1.29, 1.82) is 0 Å². The van der Waals surface area contributed by atoms with Gasteiger partial charge in [0.15, 0.2) is 5.65 Å². The van der Waals surface area contributed by atoms with E-state index >= 15 is 0 Å². The molecule has 0 fully saturated rings. The third-order valence-electron chi connectivity index (χ3n) is 5.44. The molecule has 0 unspecified atom stereocenters. The maximum absolute atomic E-state index is 12.7. The molecule has 0 bridgehead atoms. The van der Waals surface area contributed by atoms with Gasteiger partial charge in [0.2, 0.25) is 5.91 Å². The molecule has 0 saturated carbocycles. The Bertz CT molecular complexity index is 1090. The van der Waals surface area contributed by atoms with E-state index in [9.17, 15) is 9.59 Å². The first kappa shape index (κ1) is 23.4. The Kier molecular flexibility index (Phi) is 7.62. The SMILES string of the molecule is Cc1cc2nc(C)c(CCC(=O)N[C@@H](CC(C)C)C(=O)OCc3ccccc3)c(C)n2n1. The standard InChI is InChI=1S/C25H32N4O3/c1-16(2)13-22(25(31)32-15-20-9-7-6-8-10-20)27-24(30)12-11-21-18(4)26-23-14-17(3)28-29(23)19(21)5/h6-10,14,16,22H,11-13,15H2,1-5H3,(H,27,30)/t22-/m0/s1. The molecule has 0 saturated heterocycles. The minimum absolute atomic E-state index is 0.178. The van der Waals surface area contributed by atoms with Crippen molar-refractivity contribution >= 4 is 17.5 Å². The van der Waals surface area contributed by atoms with Crippen molar-refractivity contribution in [2.75, 3.05) is 0 Å². The van der Waals surface area contributed by atoms with Gasteiger partial charge in [-0.2, -0.15) is 5.10 Å². The van der Waals surface area contributed by atoms with Crippen molar-refractivity contribution < 1.29 is 14.3 Å². The van der Waals surface area contributed by atoms with Crippen LogP contribution in [0.5, 0.6) is 0 Å². The topological polar surface area (TPSA) is 85.6 Å². The molecule has 2 heterocycles. The molecule has 0 aliphatic heterocycles. The maximum atomic E-state index is 12.7. The van der Waals surface area contributed by atoms with Gasteiger partial charge in [-0.3, -0.25) is 4.79 Å². The summed E-state index contributed by atoms with van der Waals surface area (Å²) in [6, 6.07) is 10.8. The lowest BCUT2D eigenvalue weighted by Crippen LogP contribution is -2.42. The number of fused-ring (bicyclic) bond motifs is 1. The van der Waals surface area contributed by atoms with Crippen LogP contribution in [0.4, 0.5) is 0 Å². The summed E-state index contributed by atoms with van der Waals surface area (Å²) >= 11 is 0. The zero-order chi connectivity index (χ0) is 23.3. The molecule has 1 amide bonds. The first-order chi connectivity index (χ1) is 15.2. The Balaban J connectivity index is 1.62. The molecule has 7 heteroatoms. The highest BCUT2D eigenvalue weighted by Gasteiger charge is 2.24. The second kappa shape index (κ2) is 10.4. The molecule has 0 radical (unpaired) electrons.